The zero-order chi connectivity index (χ0) is 21.4. The highest BCUT2D eigenvalue weighted by Crippen LogP contribution is 2.36. The lowest BCUT2D eigenvalue weighted by atomic mass is 9.91. The molecule has 160 valence electrons. The molecule has 2 aromatic heterocycles. The van der Waals surface area contributed by atoms with Crippen LogP contribution in [0.3, 0.4) is 0 Å². The number of carbonyl (C=O) groups excluding carboxylic acids is 1. The lowest BCUT2D eigenvalue weighted by Gasteiger charge is -2.24. The van der Waals surface area contributed by atoms with Crippen molar-refractivity contribution in [3.8, 4) is 11.5 Å². The molecule has 1 atom stereocenters. The summed E-state index contributed by atoms with van der Waals surface area (Å²) >= 11 is 0. The predicted octanol–water partition coefficient (Wildman–Crippen LogP) is 4.72. The van der Waals surface area contributed by atoms with Crippen LogP contribution in [0.5, 0.6) is 11.5 Å². The monoisotopic (exact) mass is 417 g/mol. The second-order valence-electron chi connectivity index (χ2n) is 8.12. The molecule has 1 amide bonds. The van der Waals surface area contributed by atoms with Crippen LogP contribution in [0.25, 0.3) is 21.8 Å². The van der Waals surface area contributed by atoms with Crippen molar-refractivity contribution in [2.75, 3.05) is 14.2 Å². The van der Waals surface area contributed by atoms with Crippen molar-refractivity contribution < 1.29 is 14.3 Å². The predicted molar refractivity (Wildman–Crippen MR) is 122 cm³/mol. The number of rotatable bonds is 6. The number of benzene rings is 2. The van der Waals surface area contributed by atoms with Crippen molar-refractivity contribution in [1.82, 2.24) is 14.9 Å². The molecule has 0 aliphatic heterocycles. The van der Waals surface area contributed by atoms with Gasteiger partial charge in [0.1, 0.15) is 11.5 Å². The summed E-state index contributed by atoms with van der Waals surface area (Å²) in [6.07, 6.45) is 5.51. The summed E-state index contributed by atoms with van der Waals surface area (Å²) in [4.78, 5) is 16.3. The number of ether oxygens (including phenoxy) is 2. The molecule has 6 heteroatoms. The topological polar surface area (TPSA) is 68.3 Å². The normalized spacial score (nSPS) is 15.7. The van der Waals surface area contributed by atoms with Crippen LogP contribution in [0.15, 0.2) is 48.7 Å². The zero-order valence-electron chi connectivity index (χ0n) is 17.9. The molecular formula is C25H27N3O3. The minimum absolute atomic E-state index is 0.0281. The van der Waals surface area contributed by atoms with Gasteiger partial charge in [0, 0.05) is 46.7 Å². The molecule has 2 N–H and O–H groups in total. The Morgan fingerprint density at radius 2 is 1.94 bits per heavy atom. The summed E-state index contributed by atoms with van der Waals surface area (Å²) in [5, 5.41) is 5.57. The molecule has 1 aliphatic carbocycles. The van der Waals surface area contributed by atoms with Crippen LogP contribution < -0.4 is 14.8 Å². The summed E-state index contributed by atoms with van der Waals surface area (Å²) in [5.74, 6) is 1.77. The van der Waals surface area contributed by atoms with E-state index in [1.165, 1.54) is 10.9 Å². The Hall–Kier alpha value is -3.41. The van der Waals surface area contributed by atoms with Gasteiger partial charge in [-0.1, -0.05) is 0 Å². The van der Waals surface area contributed by atoms with E-state index in [-0.39, 0.29) is 11.9 Å². The highest BCUT2D eigenvalue weighted by Gasteiger charge is 2.25. The number of carbonyl (C=O) groups is 1. The minimum Gasteiger partial charge on any atom is -0.497 e. The van der Waals surface area contributed by atoms with Gasteiger partial charge >= 0.3 is 0 Å². The lowest BCUT2D eigenvalue weighted by Crippen LogP contribution is -2.31. The number of aryl methyl sites for hydroxylation is 2. The van der Waals surface area contributed by atoms with E-state index in [1.54, 1.807) is 14.2 Å². The second kappa shape index (κ2) is 8.02. The maximum atomic E-state index is 12.8. The molecule has 0 saturated carbocycles. The Balaban J connectivity index is 1.29. The van der Waals surface area contributed by atoms with E-state index < -0.39 is 0 Å². The number of methoxy groups -OCH3 is 2. The molecule has 31 heavy (non-hydrogen) atoms. The summed E-state index contributed by atoms with van der Waals surface area (Å²) in [6.45, 7) is 0.644. The van der Waals surface area contributed by atoms with E-state index in [9.17, 15) is 4.79 Å². The van der Waals surface area contributed by atoms with Crippen molar-refractivity contribution in [3.63, 3.8) is 0 Å². The summed E-state index contributed by atoms with van der Waals surface area (Å²) < 4.78 is 12.8. The van der Waals surface area contributed by atoms with Gasteiger partial charge in [-0.05, 0) is 67.3 Å². The first-order valence-corrected chi connectivity index (χ1v) is 10.8. The number of aromatic nitrogens is 2. The van der Waals surface area contributed by atoms with Gasteiger partial charge in [-0.2, -0.15) is 0 Å². The average molecular weight is 418 g/mol. The molecule has 4 aromatic rings. The first kappa shape index (κ1) is 19.5. The number of nitrogens with one attached hydrogen (secondary N) is 2. The Morgan fingerprint density at radius 1 is 1.13 bits per heavy atom. The largest absolute Gasteiger partial charge is 0.497 e. The van der Waals surface area contributed by atoms with Crippen LogP contribution in [-0.4, -0.2) is 29.7 Å². The second-order valence-corrected chi connectivity index (χ2v) is 8.12. The smallest absolute Gasteiger partial charge is 0.222 e. The van der Waals surface area contributed by atoms with E-state index in [1.807, 2.05) is 30.5 Å². The molecule has 0 saturated heterocycles. The first-order chi connectivity index (χ1) is 15.2. The number of fused-ring (bicyclic) bond motifs is 4. The minimum atomic E-state index is 0.0281. The maximum absolute atomic E-state index is 12.8. The molecule has 6 nitrogen and oxygen atoms in total. The molecule has 0 fully saturated rings. The fourth-order valence-corrected chi connectivity index (χ4v) is 4.70. The molecule has 2 heterocycles. The van der Waals surface area contributed by atoms with Gasteiger partial charge in [0.15, 0.2) is 0 Å². The molecule has 1 aliphatic rings. The molecule has 5 rings (SSSR count). The van der Waals surface area contributed by atoms with Gasteiger partial charge in [-0.15, -0.1) is 0 Å². The fraction of sp³-hybridized carbons (Fsp3) is 0.320. The number of hydrogen-bond acceptors (Lipinski definition) is 3. The molecule has 0 bridgehead atoms. The standard InChI is InChI=1S/C25H27N3O3/c1-30-17-7-9-23-16(14-17)10-12-28(23)13-11-24(29)26-22-5-3-4-19-20-15-18(31-2)6-8-21(20)27-25(19)22/h6-10,12,14-15,22,27H,3-5,11,13H2,1-2H3,(H,26,29). The van der Waals surface area contributed by atoms with Gasteiger partial charge in [-0.3, -0.25) is 4.79 Å². The highest BCUT2D eigenvalue weighted by molar-refractivity contribution is 5.87. The quantitative estimate of drug-likeness (QED) is 0.477. The van der Waals surface area contributed by atoms with E-state index in [0.29, 0.717) is 13.0 Å². The van der Waals surface area contributed by atoms with Gasteiger partial charge in [0.2, 0.25) is 5.91 Å². The number of aromatic amines is 1. The van der Waals surface area contributed by atoms with E-state index >= 15 is 0 Å². The first-order valence-electron chi connectivity index (χ1n) is 10.8. The number of H-pyrrole nitrogens is 1. The SMILES string of the molecule is COc1ccc2c(ccn2CCC(=O)NC2CCCc3c2[nH]c2ccc(OC)cc32)c1. The van der Waals surface area contributed by atoms with Crippen molar-refractivity contribution >= 4 is 27.7 Å². The Bertz CT molecular complexity index is 1250. The van der Waals surface area contributed by atoms with Crippen LogP contribution >= 0.6 is 0 Å². The van der Waals surface area contributed by atoms with E-state index in [4.69, 9.17) is 9.47 Å². The van der Waals surface area contributed by atoms with Crippen molar-refractivity contribution in [1.29, 1.82) is 0 Å². The van der Waals surface area contributed by atoms with Crippen molar-refractivity contribution in [3.05, 3.63) is 59.9 Å². The summed E-state index contributed by atoms with van der Waals surface area (Å²) in [7, 11) is 3.36. The highest BCUT2D eigenvalue weighted by atomic mass is 16.5. The number of hydrogen-bond donors (Lipinski definition) is 2. The van der Waals surface area contributed by atoms with Gasteiger partial charge in [0.25, 0.3) is 0 Å². The van der Waals surface area contributed by atoms with Crippen LogP contribution in [0, 0.1) is 0 Å². The van der Waals surface area contributed by atoms with Crippen LogP contribution in [0.1, 0.15) is 36.6 Å². The Morgan fingerprint density at radius 3 is 2.77 bits per heavy atom. The molecule has 0 spiro atoms. The van der Waals surface area contributed by atoms with E-state index in [0.717, 1.165) is 52.9 Å². The molecule has 2 aromatic carbocycles. The van der Waals surface area contributed by atoms with Gasteiger partial charge in [0.05, 0.1) is 20.3 Å². The molecular weight excluding hydrogens is 390 g/mol. The van der Waals surface area contributed by atoms with Gasteiger partial charge in [-0.25, -0.2) is 0 Å². The Kier molecular flexibility index (Phi) is 5.06. The third-order valence-corrected chi connectivity index (χ3v) is 6.31. The zero-order valence-corrected chi connectivity index (χ0v) is 17.9. The summed E-state index contributed by atoms with van der Waals surface area (Å²) in [6, 6.07) is 14.2. The summed E-state index contributed by atoms with van der Waals surface area (Å²) in [5.41, 5.74) is 4.65. The van der Waals surface area contributed by atoms with Gasteiger partial charge < -0.3 is 24.3 Å². The van der Waals surface area contributed by atoms with Crippen molar-refractivity contribution in [2.24, 2.45) is 0 Å². The molecule has 0 radical (unpaired) electrons. The van der Waals surface area contributed by atoms with Crippen LogP contribution in [0.2, 0.25) is 0 Å². The third kappa shape index (κ3) is 3.63. The fourth-order valence-electron chi connectivity index (χ4n) is 4.70. The number of amides is 1. The lowest BCUT2D eigenvalue weighted by molar-refractivity contribution is -0.122. The third-order valence-electron chi connectivity index (χ3n) is 6.31. The maximum Gasteiger partial charge on any atom is 0.222 e. The Labute approximate surface area is 181 Å². The average Bonchev–Trinajstić information content (AvgIpc) is 3.38. The van der Waals surface area contributed by atoms with Crippen LogP contribution in [-0.2, 0) is 17.8 Å². The van der Waals surface area contributed by atoms with Crippen LogP contribution in [0.4, 0.5) is 0 Å². The molecule has 1 unspecified atom stereocenters. The number of nitrogens with zero attached hydrogens (tertiary/aromatic N) is 1. The van der Waals surface area contributed by atoms with E-state index in [2.05, 4.69) is 33.1 Å². The van der Waals surface area contributed by atoms with Crippen molar-refractivity contribution in [2.45, 2.75) is 38.3 Å².